The molecule has 2 aromatic carbocycles. The molecule has 0 aliphatic rings. The van der Waals surface area contributed by atoms with E-state index >= 15 is 0 Å². The minimum absolute atomic E-state index is 0.0224. The number of anilines is 1. The van der Waals surface area contributed by atoms with Crippen LogP contribution in [0.1, 0.15) is 21.5 Å². The van der Waals surface area contributed by atoms with Crippen molar-refractivity contribution < 1.29 is 24.2 Å². The van der Waals surface area contributed by atoms with Crippen molar-refractivity contribution in [3.05, 3.63) is 59.2 Å². The van der Waals surface area contributed by atoms with Gasteiger partial charge in [-0.2, -0.15) is 0 Å². The summed E-state index contributed by atoms with van der Waals surface area (Å²) in [4.78, 5) is 35.4. The van der Waals surface area contributed by atoms with Crippen molar-refractivity contribution in [2.45, 2.75) is 13.8 Å². The molecule has 0 saturated carbocycles. The molecule has 7 heteroatoms. The second-order valence-corrected chi connectivity index (χ2v) is 5.70. The fourth-order valence-corrected chi connectivity index (χ4v) is 2.12. The molecule has 0 aliphatic heterocycles. The number of phenols is 1. The van der Waals surface area contributed by atoms with Crippen LogP contribution in [-0.2, 0) is 14.3 Å². The number of nitrogens with one attached hydrogen (secondary N) is 2. The molecule has 0 spiro atoms. The van der Waals surface area contributed by atoms with E-state index in [-0.39, 0.29) is 23.8 Å². The number of hydrogen-bond acceptors (Lipinski definition) is 5. The highest BCUT2D eigenvalue weighted by molar-refractivity contribution is 5.96. The summed E-state index contributed by atoms with van der Waals surface area (Å²) in [6.45, 7) is 3.10. The van der Waals surface area contributed by atoms with Gasteiger partial charge in [-0.3, -0.25) is 9.59 Å². The quantitative estimate of drug-likeness (QED) is 0.686. The monoisotopic (exact) mass is 356 g/mol. The van der Waals surface area contributed by atoms with Gasteiger partial charge in [0.05, 0.1) is 12.1 Å². The Morgan fingerprint density at radius 1 is 1.00 bits per heavy atom. The zero-order valence-electron chi connectivity index (χ0n) is 14.5. The van der Waals surface area contributed by atoms with Crippen LogP contribution >= 0.6 is 0 Å². The SMILES string of the molecule is Cc1cccc(NC(=O)CNC(=O)COC(=O)c2ccc(O)cc2)c1C. The summed E-state index contributed by atoms with van der Waals surface area (Å²) in [6.07, 6.45) is 0. The normalized spacial score (nSPS) is 10.1. The average molecular weight is 356 g/mol. The van der Waals surface area contributed by atoms with Crippen molar-refractivity contribution in [3.63, 3.8) is 0 Å². The van der Waals surface area contributed by atoms with Gasteiger partial charge in [0.25, 0.3) is 5.91 Å². The maximum absolute atomic E-state index is 11.9. The number of phenolic OH excluding ortho intramolecular Hbond substituents is 1. The number of rotatable bonds is 6. The van der Waals surface area contributed by atoms with Gasteiger partial charge in [0.2, 0.25) is 5.91 Å². The van der Waals surface area contributed by atoms with Crippen molar-refractivity contribution in [2.75, 3.05) is 18.5 Å². The fraction of sp³-hybridized carbons (Fsp3) is 0.211. The van der Waals surface area contributed by atoms with Gasteiger partial charge in [-0.1, -0.05) is 12.1 Å². The highest BCUT2D eigenvalue weighted by Gasteiger charge is 2.12. The maximum Gasteiger partial charge on any atom is 0.338 e. The van der Waals surface area contributed by atoms with Crippen LogP contribution in [0.15, 0.2) is 42.5 Å². The lowest BCUT2D eigenvalue weighted by molar-refractivity contribution is -0.126. The first kappa shape index (κ1) is 19.0. The summed E-state index contributed by atoms with van der Waals surface area (Å²) >= 11 is 0. The minimum atomic E-state index is -0.694. The first-order chi connectivity index (χ1) is 12.4. The Kier molecular flexibility index (Phi) is 6.32. The molecule has 0 radical (unpaired) electrons. The second kappa shape index (κ2) is 8.66. The van der Waals surface area contributed by atoms with E-state index in [1.807, 2.05) is 26.0 Å². The lowest BCUT2D eigenvalue weighted by atomic mass is 10.1. The Morgan fingerprint density at radius 2 is 1.69 bits per heavy atom. The highest BCUT2D eigenvalue weighted by Crippen LogP contribution is 2.17. The highest BCUT2D eigenvalue weighted by atomic mass is 16.5. The molecule has 0 heterocycles. The van der Waals surface area contributed by atoms with E-state index in [0.717, 1.165) is 11.1 Å². The van der Waals surface area contributed by atoms with Gasteiger partial charge in [-0.05, 0) is 55.3 Å². The Morgan fingerprint density at radius 3 is 2.38 bits per heavy atom. The van der Waals surface area contributed by atoms with Gasteiger partial charge in [0.15, 0.2) is 6.61 Å². The van der Waals surface area contributed by atoms with Gasteiger partial charge in [-0.15, -0.1) is 0 Å². The third-order valence-electron chi connectivity index (χ3n) is 3.76. The molecule has 0 bridgehead atoms. The molecule has 0 aromatic heterocycles. The zero-order chi connectivity index (χ0) is 19.1. The van der Waals surface area contributed by atoms with Gasteiger partial charge in [0.1, 0.15) is 5.75 Å². The molecular weight excluding hydrogens is 336 g/mol. The number of hydrogen-bond donors (Lipinski definition) is 3. The molecule has 136 valence electrons. The van der Waals surface area contributed by atoms with Gasteiger partial charge in [-0.25, -0.2) is 4.79 Å². The Balaban J connectivity index is 1.76. The average Bonchev–Trinajstić information content (AvgIpc) is 2.62. The predicted molar refractivity (Wildman–Crippen MR) is 95.9 cm³/mol. The molecular formula is C19H20N2O5. The van der Waals surface area contributed by atoms with E-state index in [1.165, 1.54) is 24.3 Å². The predicted octanol–water partition coefficient (Wildman–Crippen LogP) is 1.92. The zero-order valence-corrected chi connectivity index (χ0v) is 14.5. The van der Waals surface area contributed by atoms with E-state index in [4.69, 9.17) is 9.84 Å². The standard InChI is InChI=1S/C19H20N2O5/c1-12-4-3-5-16(13(12)2)21-17(23)10-20-18(24)11-26-19(25)14-6-8-15(22)9-7-14/h3-9,22H,10-11H2,1-2H3,(H,20,24)(H,21,23). The van der Waals surface area contributed by atoms with Crippen molar-refractivity contribution >= 4 is 23.5 Å². The third-order valence-corrected chi connectivity index (χ3v) is 3.76. The van der Waals surface area contributed by atoms with Crippen LogP contribution in [0.5, 0.6) is 5.75 Å². The molecule has 2 amide bonds. The van der Waals surface area contributed by atoms with Crippen LogP contribution in [0.4, 0.5) is 5.69 Å². The fourth-order valence-electron chi connectivity index (χ4n) is 2.12. The van der Waals surface area contributed by atoms with E-state index < -0.39 is 18.5 Å². The topological polar surface area (TPSA) is 105 Å². The Bertz CT molecular complexity index is 815. The molecule has 7 nitrogen and oxygen atoms in total. The number of aromatic hydroxyl groups is 1. The van der Waals surface area contributed by atoms with Crippen molar-refractivity contribution in [1.29, 1.82) is 0 Å². The van der Waals surface area contributed by atoms with Crippen molar-refractivity contribution in [2.24, 2.45) is 0 Å². The lowest BCUT2D eigenvalue weighted by Crippen LogP contribution is -2.35. The molecule has 0 atom stereocenters. The van der Waals surface area contributed by atoms with Crippen LogP contribution < -0.4 is 10.6 Å². The molecule has 0 saturated heterocycles. The summed E-state index contributed by atoms with van der Waals surface area (Å²) in [6, 6.07) is 11.0. The van der Waals surface area contributed by atoms with Crippen molar-refractivity contribution in [3.8, 4) is 5.75 Å². The molecule has 26 heavy (non-hydrogen) atoms. The van der Waals surface area contributed by atoms with Gasteiger partial charge >= 0.3 is 5.97 Å². The summed E-state index contributed by atoms with van der Waals surface area (Å²) in [5, 5.41) is 14.3. The summed E-state index contributed by atoms with van der Waals surface area (Å²) < 4.78 is 4.85. The number of benzene rings is 2. The summed E-state index contributed by atoms with van der Waals surface area (Å²) in [5.41, 5.74) is 2.90. The minimum Gasteiger partial charge on any atom is -0.508 e. The lowest BCUT2D eigenvalue weighted by Gasteiger charge is -2.11. The number of aryl methyl sites for hydroxylation is 1. The van der Waals surface area contributed by atoms with E-state index in [1.54, 1.807) is 6.07 Å². The van der Waals surface area contributed by atoms with Crippen LogP contribution in [0.2, 0.25) is 0 Å². The molecule has 0 unspecified atom stereocenters. The molecule has 0 aliphatic carbocycles. The largest absolute Gasteiger partial charge is 0.508 e. The first-order valence-corrected chi connectivity index (χ1v) is 7.95. The maximum atomic E-state index is 11.9. The smallest absolute Gasteiger partial charge is 0.338 e. The van der Waals surface area contributed by atoms with Gasteiger partial charge in [0, 0.05) is 5.69 Å². The molecule has 0 fully saturated rings. The van der Waals surface area contributed by atoms with E-state index in [2.05, 4.69) is 10.6 Å². The molecule has 3 N–H and O–H groups in total. The molecule has 2 rings (SSSR count). The number of carbonyl (C=O) groups excluding carboxylic acids is 3. The number of ether oxygens (including phenoxy) is 1. The Hall–Kier alpha value is -3.35. The summed E-state index contributed by atoms with van der Waals surface area (Å²) in [5.74, 6) is -1.64. The van der Waals surface area contributed by atoms with Crippen LogP contribution in [0.25, 0.3) is 0 Å². The third kappa shape index (κ3) is 5.34. The number of esters is 1. The summed E-state index contributed by atoms with van der Waals surface area (Å²) in [7, 11) is 0. The van der Waals surface area contributed by atoms with Crippen LogP contribution in [-0.4, -0.2) is 36.0 Å². The Labute approximate surface area is 151 Å². The van der Waals surface area contributed by atoms with Crippen LogP contribution in [0.3, 0.4) is 0 Å². The first-order valence-electron chi connectivity index (χ1n) is 7.95. The number of carbonyl (C=O) groups is 3. The van der Waals surface area contributed by atoms with E-state index in [9.17, 15) is 14.4 Å². The molecule has 2 aromatic rings. The van der Waals surface area contributed by atoms with Crippen LogP contribution in [0, 0.1) is 13.8 Å². The van der Waals surface area contributed by atoms with E-state index in [0.29, 0.717) is 5.69 Å². The number of amides is 2. The second-order valence-electron chi connectivity index (χ2n) is 5.70. The van der Waals surface area contributed by atoms with Gasteiger partial charge < -0.3 is 20.5 Å². The van der Waals surface area contributed by atoms with Crippen molar-refractivity contribution in [1.82, 2.24) is 5.32 Å².